The number of fused-ring (bicyclic) bond motifs is 1. The van der Waals surface area contributed by atoms with Crippen molar-refractivity contribution in [3.8, 4) is 0 Å². The van der Waals surface area contributed by atoms with Gasteiger partial charge in [-0.15, -0.1) is 0 Å². The maximum absolute atomic E-state index is 12.6. The molecule has 1 aliphatic rings. The van der Waals surface area contributed by atoms with Gasteiger partial charge >= 0.3 is 6.03 Å². The molecule has 6 nitrogen and oxygen atoms in total. The number of carbonyl (C=O) groups excluding carboxylic acids is 1. The Labute approximate surface area is 209 Å². The molecular formula is C29H39N5O. The third-order valence-electron chi connectivity index (χ3n) is 6.91. The van der Waals surface area contributed by atoms with Gasteiger partial charge in [-0.05, 0) is 54.7 Å². The smallest absolute Gasteiger partial charge is 0.319 e. The van der Waals surface area contributed by atoms with E-state index in [4.69, 9.17) is 4.98 Å². The molecule has 0 atom stereocenters. The summed E-state index contributed by atoms with van der Waals surface area (Å²) in [5.41, 5.74) is 4.18. The van der Waals surface area contributed by atoms with Crippen LogP contribution in [0.1, 0.15) is 52.0 Å². The van der Waals surface area contributed by atoms with Crippen molar-refractivity contribution >= 4 is 34.1 Å². The predicted octanol–water partition coefficient (Wildman–Crippen LogP) is 6.39. The predicted molar refractivity (Wildman–Crippen MR) is 148 cm³/mol. The standard InChI is InChI=1S/C29H39N5O/c1-29(2,3)23-11-7-9-13-25(23)33-28(35)30-19-20-14-16-21(17-15-20)31-27-18-26(34(4)5)22-10-6-8-12-24(22)32-27/h6-13,18,20-21H,14-17,19H2,1-5H3,(H,31,32)(H2,30,33,35). The Morgan fingerprint density at radius 1 is 1.00 bits per heavy atom. The van der Waals surface area contributed by atoms with Crippen LogP contribution >= 0.6 is 0 Å². The summed E-state index contributed by atoms with van der Waals surface area (Å²) >= 11 is 0. The summed E-state index contributed by atoms with van der Waals surface area (Å²) in [6, 6.07) is 18.7. The second-order valence-corrected chi connectivity index (χ2v) is 10.9. The first-order chi connectivity index (χ1) is 16.7. The Morgan fingerprint density at radius 3 is 2.40 bits per heavy atom. The number of nitrogens with one attached hydrogen (secondary N) is 3. The van der Waals surface area contributed by atoms with Crippen molar-refractivity contribution in [3.05, 3.63) is 60.2 Å². The molecule has 0 aliphatic heterocycles. The Bertz CT molecular complexity index is 1160. The average molecular weight is 474 g/mol. The molecular weight excluding hydrogens is 434 g/mol. The molecule has 1 saturated carbocycles. The van der Waals surface area contributed by atoms with Crippen LogP contribution in [0.3, 0.4) is 0 Å². The molecule has 0 saturated heterocycles. The maximum atomic E-state index is 12.6. The molecule has 35 heavy (non-hydrogen) atoms. The van der Waals surface area contributed by atoms with E-state index in [-0.39, 0.29) is 11.4 Å². The van der Waals surface area contributed by atoms with Crippen molar-refractivity contribution in [2.75, 3.05) is 36.2 Å². The minimum absolute atomic E-state index is 0.0253. The Morgan fingerprint density at radius 2 is 1.69 bits per heavy atom. The quantitative estimate of drug-likeness (QED) is 0.388. The molecule has 3 aromatic rings. The molecule has 6 heteroatoms. The van der Waals surface area contributed by atoms with E-state index >= 15 is 0 Å². The molecule has 2 aromatic carbocycles. The summed E-state index contributed by atoms with van der Waals surface area (Å²) < 4.78 is 0. The van der Waals surface area contributed by atoms with Gasteiger partial charge in [0.2, 0.25) is 0 Å². The van der Waals surface area contributed by atoms with Crippen LogP contribution < -0.4 is 20.9 Å². The third kappa shape index (κ3) is 6.24. The number of para-hydroxylation sites is 2. The van der Waals surface area contributed by atoms with Crippen LogP contribution in [-0.4, -0.2) is 37.7 Å². The number of nitrogens with zero attached hydrogens (tertiary/aromatic N) is 2. The Balaban J connectivity index is 1.28. The van der Waals surface area contributed by atoms with E-state index in [2.05, 4.69) is 86.0 Å². The zero-order valence-corrected chi connectivity index (χ0v) is 21.7. The van der Waals surface area contributed by atoms with Crippen LogP contribution in [0.4, 0.5) is 22.0 Å². The van der Waals surface area contributed by atoms with Gasteiger partial charge in [0.1, 0.15) is 5.82 Å². The van der Waals surface area contributed by atoms with Crippen molar-refractivity contribution in [3.63, 3.8) is 0 Å². The molecule has 0 spiro atoms. The molecule has 186 valence electrons. The van der Waals surface area contributed by atoms with Crippen molar-refractivity contribution in [1.82, 2.24) is 10.3 Å². The lowest BCUT2D eigenvalue weighted by Crippen LogP contribution is -2.36. The molecule has 4 rings (SSSR count). The molecule has 1 fully saturated rings. The monoisotopic (exact) mass is 473 g/mol. The van der Waals surface area contributed by atoms with Crippen molar-refractivity contribution < 1.29 is 4.79 Å². The Hall–Kier alpha value is -3.28. The zero-order valence-electron chi connectivity index (χ0n) is 21.7. The lowest BCUT2D eigenvalue weighted by atomic mass is 9.85. The number of pyridine rings is 1. The topological polar surface area (TPSA) is 69.3 Å². The number of hydrogen-bond acceptors (Lipinski definition) is 4. The van der Waals surface area contributed by atoms with Crippen LogP contribution in [0.2, 0.25) is 0 Å². The van der Waals surface area contributed by atoms with E-state index in [1.807, 2.05) is 24.3 Å². The highest BCUT2D eigenvalue weighted by atomic mass is 16.2. The molecule has 1 aromatic heterocycles. The van der Waals surface area contributed by atoms with Gasteiger partial charge in [0.05, 0.1) is 5.52 Å². The first-order valence-corrected chi connectivity index (χ1v) is 12.7. The second-order valence-electron chi connectivity index (χ2n) is 10.9. The number of rotatable bonds is 6. The minimum Gasteiger partial charge on any atom is -0.377 e. The van der Waals surface area contributed by atoms with Crippen LogP contribution in [0.5, 0.6) is 0 Å². The van der Waals surface area contributed by atoms with Gasteiger partial charge in [-0.25, -0.2) is 9.78 Å². The molecule has 0 unspecified atom stereocenters. The lowest BCUT2D eigenvalue weighted by Gasteiger charge is -2.30. The van der Waals surface area contributed by atoms with Crippen molar-refractivity contribution in [2.24, 2.45) is 5.92 Å². The molecule has 1 aliphatic carbocycles. The summed E-state index contributed by atoms with van der Waals surface area (Å²) in [5.74, 6) is 1.43. The van der Waals surface area contributed by atoms with E-state index in [0.29, 0.717) is 18.5 Å². The molecule has 0 bridgehead atoms. The van der Waals surface area contributed by atoms with E-state index in [1.165, 1.54) is 11.1 Å². The first kappa shape index (κ1) is 24.8. The van der Waals surface area contributed by atoms with Crippen LogP contribution in [-0.2, 0) is 5.41 Å². The normalized spacial score (nSPS) is 18.2. The number of amides is 2. The van der Waals surface area contributed by atoms with Gasteiger partial charge in [0, 0.05) is 49.5 Å². The van der Waals surface area contributed by atoms with Gasteiger partial charge in [-0.1, -0.05) is 57.2 Å². The molecule has 3 N–H and O–H groups in total. The maximum Gasteiger partial charge on any atom is 0.319 e. The highest BCUT2D eigenvalue weighted by Gasteiger charge is 2.23. The van der Waals surface area contributed by atoms with Crippen LogP contribution in [0.15, 0.2) is 54.6 Å². The van der Waals surface area contributed by atoms with Crippen LogP contribution in [0.25, 0.3) is 10.9 Å². The minimum atomic E-state index is -0.126. The number of benzene rings is 2. The van der Waals surface area contributed by atoms with Crippen molar-refractivity contribution in [1.29, 1.82) is 0 Å². The number of aromatic nitrogens is 1. The van der Waals surface area contributed by atoms with E-state index in [9.17, 15) is 4.79 Å². The fourth-order valence-electron chi connectivity index (χ4n) is 4.97. The molecule has 0 radical (unpaired) electrons. The number of anilines is 3. The van der Waals surface area contributed by atoms with Crippen molar-refractivity contribution in [2.45, 2.75) is 57.9 Å². The molecule has 2 amide bonds. The Kier molecular flexibility index (Phi) is 7.48. The summed E-state index contributed by atoms with van der Waals surface area (Å²) in [6.45, 7) is 7.18. The molecule has 1 heterocycles. The van der Waals surface area contributed by atoms with E-state index in [0.717, 1.165) is 48.3 Å². The number of urea groups is 1. The summed E-state index contributed by atoms with van der Waals surface area (Å²) in [6.07, 6.45) is 4.33. The first-order valence-electron chi connectivity index (χ1n) is 12.7. The fourth-order valence-corrected chi connectivity index (χ4v) is 4.97. The second kappa shape index (κ2) is 10.5. The summed E-state index contributed by atoms with van der Waals surface area (Å²) in [4.78, 5) is 19.6. The third-order valence-corrected chi connectivity index (χ3v) is 6.91. The largest absolute Gasteiger partial charge is 0.377 e. The van der Waals surface area contributed by atoms with Gasteiger partial charge in [-0.2, -0.15) is 0 Å². The number of carbonyl (C=O) groups is 1. The van der Waals surface area contributed by atoms with E-state index in [1.54, 1.807) is 0 Å². The SMILES string of the molecule is CN(C)c1cc(NC2CCC(CNC(=O)Nc3ccccc3C(C)(C)C)CC2)nc2ccccc12. The average Bonchev–Trinajstić information content (AvgIpc) is 2.82. The highest BCUT2D eigenvalue weighted by molar-refractivity contribution is 5.93. The fraction of sp³-hybridized carbons (Fsp3) is 0.448. The van der Waals surface area contributed by atoms with Gasteiger partial charge in [0.15, 0.2) is 0 Å². The zero-order chi connectivity index (χ0) is 25.0. The van der Waals surface area contributed by atoms with Gasteiger partial charge < -0.3 is 20.9 Å². The van der Waals surface area contributed by atoms with E-state index < -0.39 is 0 Å². The lowest BCUT2D eigenvalue weighted by molar-refractivity contribution is 0.246. The highest BCUT2D eigenvalue weighted by Crippen LogP contribution is 2.31. The summed E-state index contributed by atoms with van der Waals surface area (Å²) in [7, 11) is 4.14. The van der Waals surface area contributed by atoms with Crippen LogP contribution in [0, 0.1) is 5.92 Å². The van der Waals surface area contributed by atoms with Gasteiger partial charge in [0.25, 0.3) is 0 Å². The number of hydrogen-bond donors (Lipinski definition) is 3. The summed E-state index contributed by atoms with van der Waals surface area (Å²) in [5, 5.41) is 11.0. The van der Waals surface area contributed by atoms with Gasteiger partial charge in [-0.3, -0.25) is 0 Å².